The smallest absolute Gasteiger partial charge is 0.307 e. The van der Waals surface area contributed by atoms with Crippen LogP contribution in [0, 0.1) is 11.8 Å². The fourth-order valence-electron chi connectivity index (χ4n) is 2.31. The van der Waals surface area contributed by atoms with E-state index in [2.05, 4.69) is 4.98 Å². The number of aliphatic carboxylic acids is 1. The highest BCUT2D eigenvalue weighted by Gasteiger charge is 2.36. The van der Waals surface area contributed by atoms with Gasteiger partial charge in [0.1, 0.15) is 0 Å². The number of hydrogen-bond donors (Lipinski definition) is 1. The molecule has 0 aromatic carbocycles. The van der Waals surface area contributed by atoms with Gasteiger partial charge in [0.2, 0.25) is 0 Å². The fraction of sp³-hybridized carbons (Fsp3) is 0.500. The van der Waals surface area contributed by atoms with Gasteiger partial charge in [0.05, 0.1) is 5.92 Å². The summed E-state index contributed by atoms with van der Waals surface area (Å²) in [4.78, 5) is 14.9. The second-order valence-electron chi connectivity index (χ2n) is 4.87. The lowest BCUT2D eigenvalue weighted by Crippen LogP contribution is -2.45. The van der Waals surface area contributed by atoms with Crippen LogP contribution in [-0.2, 0) is 14.8 Å². The number of carbonyl (C=O) groups is 1. The molecular weight excluding hydrogens is 268 g/mol. The summed E-state index contributed by atoms with van der Waals surface area (Å²) in [6.45, 7) is 2.21. The van der Waals surface area contributed by atoms with Gasteiger partial charge in [-0.1, -0.05) is 13.0 Å². The highest BCUT2D eigenvalue weighted by Crippen LogP contribution is 2.26. The molecule has 0 saturated carbocycles. The number of nitrogens with zero attached hydrogens (tertiary/aromatic N) is 2. The predicted octanol–water partition coefficient (Wildman–Crippen LogP) is 0.813. The second-order valence-corrected chi connectivity index (χ2v) is 6.75. The molecule has 6 nitrogen and oxygen atoms in total. The van der Waals surface area contributed by atoms with Crippen LogP contribution in [-0.4, -0.2) is 41.9 Å². The number of aromatic nitrogens is 1. The van der Waals surface area contributed by atoms with E-state index in [1.165, 1.54) is 16.6 Å². The molecule has 104 valence electrons. The zero-order chi connectivity index (χ0) is 14.0. The van der Waals surface area contributed by atoms with Crippen LogP contribution < -0.4 is 0 Å². The van der Waals surface area contributed by atoms with Gasteiger partial charge in [-0.2, -0.15) is 4.31 Å². The Labute approximate surface area is 112 Å². The van der Waals surface area contributed by atoms with E-state index >= 15 is 0 Å². The molecule has 0 spiro atoms. The van der Waals surface area contributed by atoms with Crippen molar-refractivity contribution in [1.82, 2.24) is 9.29 Å². The summed E-state index contributed by atoms with van der Waals surface area (Å²) in [7, 11) is -3.70. The molecule has 1 aliphatic rings. The molecule has 2 heterocycles. The molecule has 0 bridgehead atoms. The van der Waals surface area contributed by atoms with E-state index in [9.17, 15) is 13.2 Å². The van der Waals surface area contributed by atoms with Crippen LogP contribution in [0.1, 0.15) is 13.3 Å². The first-order chi connectivity index (χ1) is 8.91. The third kappa shape index (κ3) is 2.93. The first kappa shape index (κ1) is 14.0. The normalized spacial score (nSPS) is 25.1. The van der Waals surface area contributed by atoms with Gasteiger partial charge in [-0.05, 0) is 24.5 Å². The van der Waals surface area contributed by atoms with Crippen molar-refractivity contribution in [3.8, 4) is 0 Å². The molecule has 2 atom stereocenters. The van der Waals surface area contributed by atoms with Crippen LogP contribution in [0.3, 0.4) is 0 Å². The molecule has 0 radical (unpaired) electrons. The third-order valence-electron chi connectivity index (χ3n) is 3.22. The minimum absolute atomic E-state index is 0.0125. The van der Waals surface area contributed by atoms with Crippen molar-refractivity contribution in [3.63, 3.8) is 0 Å². The number of rotatable bonds is 3. The molecule has 0 amide bonds. The van der Waals surface area contributed by atoms with Crippen molar-refractivity contribution in [2.24, 2.45) is 11.8 Å². The predicted molar refractivity (Wildman–Crippen MR) is 67.9 cm³/mol. The maximum absolute atomic E-state index is 12.4. The second kappa shape index (κ2) is 5.26. The molecule has 1 fully saturated rings. The van der Waals surface area contributed by atoms with Crippen LogP contribution in [0.5, 0.6) is 0 Å². The monoisotopic (exact) mass is 284 g/mol. The Morgan fingerprint density at radius 3 is 2.74 bits per heavy atom. The molecule has 2 rings (SSSR count). The Hall–Kier alpha value is -1.47. The van der Waals surface area contributed by atoms with Crippen LogP contribution in [0.2, 0.25) is 0 Å². The molecule has 7 heteroatoms. The van der Waals surface area contributed by atoms with Gasteiger partial charge in [-0.15, -0.1) is 0 Å². The van der Waals surface area contributed by atoms with E-state index in [4.69, 9.17) is 5.11 Å². The summed E-state index contributed by atoms with van der Waals surface area (Å²) in [5.74, 6) is -1.58. The molecule has 1 aromatic heterocycles. The summed E-state index contributed by atoms with van der Waals surface area (Å²) in [6, 6.07) is 4.66. The van der Waals surface area contributed by atoms with Crippen LogP contribution in [0.25, 0.3) is 0 Å². The number of piperidine rings is 1. The van der Waals surface area contributed by atoms with Crippen LogP contribution in [0.4, 0.5) is 0 Å². The lowest BCUT2D eigenvalue weighted by atomic mass is 9.92. The van der Waals surface area contributed by atoms with Gasteiger partial charge in [0.15, 0.2) is 5.03 Å². The Bertz CT molecular complexity index is 558. The van der Waals surface area contributed by atoms with E-state index in [1.807, 2.05) is 6.92 Å². The zero-order valence-corrected chi connectivity index (χ0v) is 11.4. The molecule has 1 saturated heterocycles. The number of sulfonamides is 1. The van der Waals surface area contributed by atoms with E-state index in [-0.39, 0.29) is 17.5 Å². The van der Waals surface area contributed by atoms with Crippen LogP contribution in [0.15, 0.2) is 29.4 Å². The van der Waals surface area contributed by atoms with E-state index < -0.39 is 21.9 Å². The highest BCUT2D eigenvalue weighted by molar-refractivity contribution is 7.89. The van der Waals surface area contributed by atoms with Crippen molar-refractivity contribution >= 4 is 16.0 Å². The summed E-state index contributed by atoms with van der Waals surface area (Å²) >= 11 is 0. The zero-order valence-electron chi connectivity index (χ0n) is 10.6. The topological polar surface area (TPSA) is 87.6 Å². The molecule has 1 N–H and O–H groups in total. The molecule has 19 heavy (non-hydrogen) atoms. The summed E-state index contributed by atoms with van der Waals surface area (Å²) in [6.07, 6.45) is 1.92. The van der Waals surface area contributed by atoms with Crippen molar-refractivity contribution in [1.29, 1.82) is 0 Å². The Morgan fingerprint density at radius 1 is 1.42 bits per heavy atom. The van der Waals surface area contributed by atoms with Gasteiger partial charge in [-0.3, -0.25) is 4.79 Å². The lowest BCUT2D eigenvalue weighted by molar-refractivity contribution is -0.143. The number of carboxylic acid groups (broad SMARTS) is 1. The van der Waals surface area contributed by atoms with Gasteiger partial charge >= 0.3 is 5.97 Å². The highest BCUT2D eigenvalue weighted by atomic mass is 32.2. The molecular formula is C12H16N2O4S. The molecule has 1 aliphatic heterocycles. The van der Waals surface area contributed by atoms with Crippen molar-refractivity contribution < 1.29 is 18.3 Å². The Morgan fingerprint density at radius 2 is 2.16 bits per heavy atom. The van der Waals surface area contributed by atoms with E-state index in [1.54, 1.807) is 12.1 Å². The lowest BCUT2D eigenvalue weighted by Gasteiger charge is -2.33. The summed E-state index contributed by atoms with van der Waals surface area (Å²) in [5, 5.41) is 9.04. The minimum atomic E-state index is -3.70. The SMILES string of the molecule is CC1CC(C(=O)O)CN(S(=O)(=O)c2ccccn2)C1. The quantitative estimate of drug-likeness (QED) is 0.887. The maximum Gasteiger partial charge on any atom is 0.307 e. The number of pyridine rings is 1. The maximum atomic E-state index is 12.4. The first-order valence-corrected chi connectivity index (χ1v) is 7.49. The fourth-order valence-corrected chi connectivity index (χ4v) is 3.85. The first-order valence-electron chi connectivity index (χ1n) is 6.05. The standard InChI is InChI=1S/C12H16N2O4S/c1-9-6-10(12(15)16)8-14(7-9)19(17,18)11-4-2-3-5-13-11/h2-5,9-10H,6-8H2,1H3,(H,15,16). The molecule has 0 aliphatic carbocycles. The van der Waals surface area contributed by atoms with Crippen molar-refractivity contribution in [2.45, 2.75) is 18.4 Å². The minimum Gasteiger partial charge on any atom is -0.481 e. The van der Waals surface area contributed by atoms with Crippen molar-refractivity contribution in [3.05, 3.63) is 24.4 Å². The Kier molecular flexibility index (Phi) is 3.86. The largest absolute Gasteiger partial charge is 0.481 e. The van der Waals surface area contributed by atoms with Gasteiger partial charge < -0.3 is 5.11 Å². The third-order valence-corrected chi connectivity index (χ3v) is 4.97. The van der Waals surface area contributed by atoms with E-state index in [0.717, 1.165) is 0 Å². The van der Waals surface area contributed by atoms with Crippen molar-refractivity contribution in [2.75, 3.05) is 13.1 Å². The summed E-state index contributed by atoms with van der Waals surface area (Å²) in [5.41, 5.74) is 0. The number of hydrogen-bond acceptors (Lipinski definition) is 4. The number of carboxylic acids is 1. The van der Waals surface area contributed by atoms with Gasteiger partial charge in [-0.25, -0.2) is 13.4 Å². The average molecular weight is 284 g/mol. The van der Waals surface area contributed by atoms with Gasteiger partial charge in [0, 0.05) is 19.3 Å². The average Bonchev–Trinajstić information content (AvgIpc) is 2.39. The van der Waals surface area contributed by atoms with E-state index in [0.29, 0.717) is 13.0 Å². The summed E-state index contributed by atoms with van der Waals surface area (Å²) < 4.78 is 26.0. The molecule has 2 unspecified atom stereocenters. The Balaban J connectivity index is 2.28. The van der Waals surface area contributed by atoms with Gasteiger partial charge in [0.25, 0.3) is 10.0 Å². The van der Waals surface area contributed by atoms with Crippen LogP contribution >= 0.6 is 0 Å². The molecule has 1 aromatic rings.